The van der Waals surface area contributed by atoms with Gasteiger partial charge in [0, 0.05) is 0 Å². The third-order valence-corrected chi connectivity index (χ3v) is 0. The molecular formula is H8CoNO7+. The molecule has 0 aliphatic rings. The van der Waals surface area contributed by atoms with Gasteiger partial charge in [0.2, 0.25) is 0 Å². The van der Waals surface area contributed by atoms with Gasteiger partial charge in [0.25, 0.3) is 0 Å². The predicted octanol–water partition coefficient (Wildman–Crippen LogP) is -3.54. The van der Waals surface area contributed by atoms with E-state index in [1.165, 1.54) is 0 Å². The summed E-state index contributed by atoms with van der Waals surface area (Å²) in [6.07, 6.45) is 0. The van der Waals surface area contributed by atoms with Gasteiger partial charge in [-0.1, -0.05) is 0 Å². The van der Waals surface area contributed by atoms with E-state index in [2.05, 4.69) is 0 Å². The first-order valence-corrected chi connectivity index (χ1v) is 0.548. The Morgan fingerprint density at radius 2 is 0.889 bits per heavy atom. The van der Waals surface area contributed by atoms with Crippen LogP contribution in [-0.4, -0.2) is 27.0 Å². The van der Waals surface area contributed by atoms with Crippen LogP contribution in [0.25, 0.3) is 0 Å². The summed E-state index contributed by atoms with van der Waals surface area (Å²) in [6.45, 7) is 0. The molecule has 1 radical (unpaired) electrons. The fourth-order valence-electron chi connectivity index (χ4n) is 0. The molecule has 0 aliphatic heterocycles. The first-order chi connectivity index (χ1) is 1.73. The molecule has 0 aliphatic carbocycles. The van der Waals surface area contributed by atoms with E-state index in [9.17, 15) is 0 Å². The summed E-state index contributed by atoms with van der Waals surface area (Å²) < 4.78 is 0. The molecule has 0 rings (SSSR count). The molecule has 63 valence electrons. The SMILES string of the molecule is O.O.O.O.O=[N+]([O-])[O-].[Co+2]. The number of hydrogen-bond donors (Lipinski definition) is 0. The van der Waals surface area contributed by atoms with Crippen LogP contribution in [0.1, 0.15) is 0 Å². The van der Waals surface area contributed by atoms with Crippen LogP contribution in [-0.2, 0) is 16.8 Å². The van der Waals surface area contributed by atoms with E-state index in [0.29, 0.717) is 0 Å². The zero-order chi connectivity index (χ0) is 3.58. The Morgan fingerprint density at radius 1 is 0.889 bits per heavy atom. The molecule has 0 fully saturated rings. The maximum Gasteiger partial charge on any atom is 2.00 e. The van der Waals surface area contributed by atoms with Gasteiger partial charge in [-0.3, -0.25) is 0 Å². The molecule has 0 saturated heterocycles. The van der Waals surface area contributed by atoms with Crippen molar-refractivity contribution >= 4 is 0 Å². The van der Waals surface area contributed by atoms with Crippen LogP contribution in [0.4, 0.5) is 0 Å². The standard InChI is InChI=1S/Co.NO3.4H2O/c;2-1(3)4;;;;/h;;4*1H2/q+2;-1;;;;. The van der Waals surface area contributed by atoms with Crippen molar-refractivity contribution in [3.05, 3.63) is 15.3 Å². The fraction of sp³-hybridized carbons (Fsp3) is 0. The van der Waals surface area contributed by atoms with Crippen LogP contribution in [0.3, 0.4) is 0 Å². The van der Waals surface area contributed by atoms with Crippen molar-refractivity contribution in [2.45, 2.75) is 0 Å². The van der Waals surface area contributed by atoms with Crippen molar-refractivity contribution in [1.82, 2.24) is 0 Å². The van der Waals surface area contributed by atoms with Gasteiger partial charge < -0.3 is 37.2 Å². The molecular weight excluding hydrogens is 185 g/mol. The third kappa shape index (κ3) is 1130. The molecule has 0 saturated carbocycles. The van der Waals surface area contributed by atoms with Gasteiger partial charge in [0.15, 0.2) is 0 Å². The van der Waals surface area contributed by atoms with Crippen molar-refractivity contribution in [1.29, 1.82) is 0 Å². The summed E-state index contributed by atoms with van der Waals surface area (Å²) in [6, 6.07) is 0. The molecule has 8 nitrogen and oxygen atoms in total. The second-order valence-electron chi connectivity index (χ2n) is 0.224. The second-order valence-corrected chi connectivity index (χ2v) is 0.224. The molecule has 9 heteroatoms. The Morgan fingerprint density at radius 3 is 0.889 bits per heavy atom. The zero-order valence-electron chi connectivity index (χ0n) is 4.01. The Hall–Kier alpha value is -0.454. The average Bonchev–Trinajstić information content (AvgIpc) is 0.811. The largest absolute Gasteiger partial charge is 2.00 e. The maximum atomic E-state index is 8.25. The maximum absolute atomic E-state index is 8.25. The second kappa shape index (κ2) is 49.9. The molecule has 0 aromatic heterocycles. The van der Waals surface area contributed by atoms with Crippen LogP contribution in [0.2, 0.25) is 0 Å². The minimum Gasteiger partial charge on any atom is -0.412 e. The van der Waals surface area contributed by atoms with Crippen LogP contribution in [0.5, 0.6) is 0 Å². The molecule has 0 aromatic rings. The molecule has 0 amide bonds. The van der Waals surface area contributed by atoms with Gasteiger partial charge >= 0.3 is 16.8 Å². The van der Waals surface area contributed by atoms with E-state index in [1.807, 2.05) is 0 Å². The summed E-state index contributed by atoms with van der Waals surface area (Å²) in [5.41, 5.74) is 0. The summed E-state index contributed by atoms with van der Waals surface area (Å²) >= 11 is 0. The number of rotatable bonds is 0. The average molecular weight is 193 g/mol. The summed E-state index contributed by atoms with van der Waals surface area (Å²) in [5.74, 6) is 0. The van der Waals surface area contributed by atoms with Crippen molar-refractivity contribution < 1.29 is 43.8 Å². The van der Waals surface area contributed by atoms with Crippen molar-refractivity contribution in [2.75, 3.05) is 0 Å². The van der Waals surface area contributed by atoms with Gasteiger partial charge in [0.1, 0.15) is 0 Å². The van der Waals surface area contributed by atoms with E-state index in [4.69, 9.17) is 15.3 Å². The zero-order valence-corrected chi connectivity index (χ0v) is 5.05. The van der Waals surface area contributed by atoms with Crippen molar-refractivity contribution in [3.63, 3.8) is 0 Å². The molecule has 0 bridgehead atoms. The van der Waals surface area contributed by atoms with Crippen LogP contribution < -0.4 is 0 Å². The van der Waals surface area contributed by atoms with E-state index in [-0.39, 0.29) is 38.7 Å². The first kappa shape index (κ1) is 75.1. The Bertz CT molecular complexity index is 31.9. The minimum atomic E-state index is -1.75. The van der Waals surface area contributed by atoms with E-state index in [0.717, 1.165) is 0 Å². The molecule has 0 aromatic carbocycles. The number of nitrogens with zero attached hydrogens (tertiary/aromatic N) is 1. The fourth-order valence-corrected chi connectivity index (χ4v) is 0. The Balaban J connectivity index is -0.00000000450. The third-order valence-electron chi connectivity index (χ3n) is 0. The van der Waals surface area contributed by atoms with Crippen molar-refractivity contribution in [3.8, 4) is 0 Å². The summed E-state index contributed by atoms with van der Waals surface area (Å²) in [5, 5.41) is 14.8. The van der Waals surface area contributed by atoms with E-state index < -0.39 is 5.09 Å². The monoisotopic (exact) mass is 193 g/mol. The Labute approximate surface area is 60.0 Å². The van der Waals surface area contributed by atoms with E-state index >= 15 is 0 Å². The summed E-state index contributed by atoms with van der Waals surface area (Å²) in [4.78, 5) is 8.25. The van der Waals surface area contributed by atoms with Crippen molar-refractivity contribution in [2.24, 2.45) is 0 Å². The van der Waals surface area contributed by atoms with Gasteiger partial charge in [-0.2, -0.15) is 0 Å². The topological polar surface area (TPSA) is 192 Å². The Kier molecular flexibility index (Phi) is 416. The minimum absolute atomic E-state index is 0. The van der Waals surface area contributed by atoms with Gasteiger partial charge in [-0.05, 0) is 0 Å². The smallest absolute Gasteiger partial charge is 0.412 e. The van der Waals surface area contributed by atoms with Crippen LogP contribution >= 0.6 is 0 Å². The summed E-state index contributed by atoms with van der Waals surface area (Å²) in [7, 11) is 0. The normalized spacial score (nSPS) is 2.67. The van der Waals surface area contributed by atoms with Gasteiger partial charge in [0.05, 0.1) is 5.09 Å². The van der Waals surface area contributed by atoms with Gasteiger partial charge in [-0.25, -0.2) is 0 Å². The predicted molar refractivity (Wildman–Crippen MR) is 24.8 cm³/mol. The van der Waals surface area contributed by atoms with Crippen LogP contribution in [0.15, 0.2) is 0 Å². The first-order valence-electron chi connectivity index (χ1n) is 0.548. The molecule has 0 heterocycles. The quantitative estimate of drug-likeness (QED) is 0.284. The molecule has 9 heavy (non-hydrogen) atoms. The van der Waals surface area contributed by atoms with Gasteiger partial charge in [-0.15, -0.1) is 0 Å². The molecule has 8 N–H and O–H groups in total. The molecule has 0 spiro atoms. The molecule has 0 atom stereocenters. The number of hydrogen-bond acceptors (Lipinski definition) is 3. The molecule has 0 unspecified atom stereocenters. The van der Waals surface area contributed by atoms with Crippen LogP contribution in [0, 0.1) is 15.3 Å². The van der Waals surface area contributed by atoms with E-state index in [1.54, 1.807) is 0 Å².